The molecule has 0 spiro atoms. The van der Waals surface area contributed by atoms with Crippen LogP contribution in [0.2, 0.25) is 0 Å². The molecule has 1 unspecified atom stereocenters. The van der Waals surface area contributed by atoms with Crippen molar-refractivity contribution in [2.75, 3.05) is 0 Å². The highest BCUT2D eigenvalue weighted by molar-refractivity contribution is 6.31. The van der Waals surface area contributed by atoms with E-state index in [-0.39, 0.29) is 0 Å². The molecule has 0 saturated carbocycles. The Morgan fingerprint density at radius 3 is 1.27 bits per heavy atom. The van der Waals surface area contributed by atoms with Crippen molar-refractivity contribution in [3.63, 3.8) is 0 Å². The van der Waals surface area contributed by atoms with Crippen molar-refractivity contribution in [1.82, 2.24) is 0 Å². The molecule has 0 aliphatic rings. The van der Waals surface area contributed by atoms with Crippen molar-refractivity contribution in [3.8, 4) is 0 Å². The van der Waals surface area contributed by atoms with Crippen LogP contribution < -0.4 is 0 Å². The summed E-state index contributed by atoms with van der Waals surface area (Å²) in [5, 5.41) is -10.4. The Balaban J connectivity index is 4.89. The average Bonchev–Trinajstić information content (AvgIpc) is 1.77. The predicted molar refractivity (Wildman–Crippen MR) is 32.6 cm³/mol. The molecular formula is C4Cl2F8O. The maximum Gasteiger partial charge on any atom is 0.483 e. The maximum absolute atomic E-state index is 12.3. The minimum atomic E-state index is -6.40. The van der Waals surface area contributed by atoms with E-state index in [1.807, 2.05) is 0 Å². The SMILES string of the molecule is FC(F)(F)C(F)(F)OC(F)(Cl)C(F)(F)Cl. The van der Waals surface area contributed by atoms with Crippen molar-refractivity contribution >= 4 is 23.2 Å². The van der Waals surface area contributed by atoms with Crippen molar-refractivity contribution in [3.05, 3.63) is 0 Å². The Morgan fingerprint density at radius 1 is 0.733 bits per heavy atom. The standard InChI is InChI=1S/C4Cl2F8O/c5-1(7,8)2(6,9)15-4(13,14)3(10,11)12. The lowest BCUT2D eigenvalue weighted by atomic mass is 10.6. The molecule has 92 valence electrons. The van der Waals surface area contributed by atoms with Crippen molar-refractivity contribution in [1.29, 1.82) is 0 Å². The summed E-state index contributed by atoms with van der Waals surface area (Å²) in [7, 11) is 0. The zero-order valence-corrected chi connectivity index (χ0v) is 7.70. The predicted octanol–water partition coefficient (Wildman–Crippen LogP) is 3.85. The van der Waals surface area contributed by atoms with Gasteiger partial charge < -0.3 is 0 Å². The van der Waals surface area contributed by atoms with Gasteiger partial charge in [0, 0.05) is 0 Å². The van der Waals surface area contributed by atoms with Gasteiger partial charge in [-0.25, -0.2) is 0 Å². The molecule has 0 saturated heterocycles. The van der Waals surface area contributed by atoms with Crippen LogP contribution in [0.4, 0.5) is 35.1 Å². The quantitative estimate of drug-likeness (QED) is 0.566. The molecule has 11 heteroatoms. The Labute approximate surface area is 86.9 Å². The van der Waals surface area contributed by atoms with Gasteiger partial charge in [-0.1, -0.05) is 0 Å². The molecule has 0 aliphatic heterocycles. The third kappa shape index (κ3) is 3.49. The van der Waals surface area contributed by atoms with Gasteiger partial charge in [-0.2, -0.15) is 35.1 Å². The summed E-state index contributed by atoms with van der Waals surface area (Å²) in [4.78, 5) is 0. The number of hydrogen-bond donors (Lipinski definition) is 0. The summed E-state index contributed by atoms with van der Waals surface area (Å²) >= 11 is 7.77. The molecule has 0 aromatic heterocycles. The first-order valence-corrected chi connectivity index (χ1v) is 3.55. The second-order valence-corrected chi connectivity index (χ2v) is 3.09. The van der Waals surface area contributed by atoms with Crippen LogP contribution in [-0.2, 0) is 4.74 Å². The molecule has 0 aromatic rings. The monoisotopic (exact) mass is 286 g/mol. The Morgan fingerprint density at radius 2 is 1.07 bits per heavy atom. The summed E-state index contributed by atoms with van der Waals surface area (Å²) in [5.74, 6) is 0. The van der Waals surface area contributed by atoms with E-state index < -0.39 is 23.0 Å². The van der Waals surface area contributed by atoms with Crippen molar-refractivity contribution < 1.29 is 39.9 Å². The van der Waals surface area contributed by atoms with Gasteiger partial charge in [0.05, 0.1) is 0 Å². The average molecular weight is 287 g/mol. The fraction of sp³-hybridized carbons (Fsp3) is 1.00. The molecule has 0 fully saturated rings. The van der Waals surface area contributed by atoms with Gasteiger partial charge >= 0.3 is 23.0 Å². The van der Waals surface area contributed by atoms with Crippen LogP contribution in [0, 0.1) is 0 Å². The molecule has 1 nitrogen and oxygen atoms in total. The minimum absolute atomic E-state index is 2.11. The first-order valence-electron chi connectivity index (χ1n) is 2.80. The van der Waals surface area contributed by atoms with Crippen LogP contribution in [0.1, 0.15) is 0 Å². The van der Waals surface area contributed by atoms with Crippen LogP contribution >= 0.6 is 23.2 Å². The number of alkyl halides is 10. The summed E-state index contributed by atoms with van der Waals surface area (Å²) < 4.78 is 96.0. The Bertz CT molecular complexity index is 206. The molecule has 0 N–H and O–H groups in total. The summed E-state index contributed by atoms with van der Waals surface area (Å²) in [6.07, 6.45) is -12.6. The topological polar surface area (TPSA) is 9.23 Å². The number of halogens is 10. The zero-order valence-electron chi connectivity index (χ0n) is 6.19. The lowest BCUT2D eigenvalue weighted by Crippen LogP contribution is -2.49. The lowest BCUT2D eigenvalue weighted by molar-refractivity contribution is -0.433. The van der Waals surface area contributed by atoms with Gasteiger partial charge in [0.15, 0.2) is 0 Å². The molecule has 0 amide bonds. The second-order valence-electron chi connectivity index (χ2n) is 2.13. The second kappa shape index (κ2) is 3.77. The summed E-state index contributed by atoms with van der Waals surface area (Å²) in [6.45, 7) is 0. The van der Waals surface area contributed by atoms with Gasteiger partial charge in [-0.15, -0.1) is 0 Å². The fourth-order valence-corrected chi connectivity index (χ4v) is 0.412. The van der Waals surface area contributed by atoms with Crippen LogP contribution in [0.5, 0.6) is 0 Å². The van der Waals surface area contributed by atoms with Crippen LogP contribution in [0.25, 0.3) is 0 Å². The van der Waals surface area contributed by atoms with Gasteiger partial charge in [0.2, 0.25) is 0 Å². The van der Waals surface area contributed by atoms with E-state index in [1.165, 1.54) is 0 Å². The van der Waals surface area contributed by atoms with E-state index in [2.05, 4.69) is 27.9 Å². The third-order valence-corrected chi connectivity index (χ3v) is 1.57. The van der Waals surface area contributed by atoms with Crippen molar-refractivity contribution in [2.45, 2.75) is 23.0 Å². The molecule has 0 heterocycles. The van der Waals surface area contributed by atoms with Gasteiger partial charge in [0.1, 0.15) is 0 Å². The van der Waals surface area contributed by atoms with E-state index in [0.29, 0.717) is 0 Å². The van der Waals surface area contributed by atoms with Crippen LogP contribution in [-0.4, -0.2) is 23.0 Å². The lowest BCUT2D eigenvalue weighted by Gasteiger charge is -2.28. The Hall–Kier alpha value is -0.0200. The fourth-order valence-electron chi connectivity index (χ4n) is 0.277. The van der Waals surface area contributed by atoms with E-state index in [1.54, 1.807) is 0 Å². The number of ether oxygens (including phenoxy) is 1. The largest absolute Gasteiger partial charge is 0.483 e. The molecule has 0 radical (unpaired) electrons. The van der Waals surface area contributed by atoms with E-state index in [9.17, 15) is 35.1 Å². The molecule has 0 aromatic carbocycles. The summed E-state index contributed by atoms with van der Waals surface area (Å²) in [6, 6.07) is 0. The van der Waals surface area contributed by atoms with Crippen LogP contribution in [0.15, 0.2) is 0 Å². The number of rotatable bonds is 3. The normalized spacial score (nSPS) is 18.8. The highest BCUT2D eigenvalue weighted by atomic mass is 35.5. The van der Waals surface area contributed by atoms with Crippen molar-refractivity contribution in [2.24, 2.45) is 0 Å². The van der Waals surface area contributed by atoms with E-state index >= 15 is 0 Å². The zero-order chi connectivity index (χ0) is 12.7. The maximum atomic E-state index is 12.3. The molecule has 0 rings (SSSR count). The van der Waals surface area contributed by atoms with Gasteiger partial charge in [-0.05, 0) is 23.2 Å². The first-order chi connectivity index (χ1) is 6.21. The van der Waals surface area contributed by atoms with Gasteiger partial charge in [0.25, 0.3) is 0 Å². The summed E-state index contributed by atoms with van der Waals surface area (Å²) in [5.41, 5.74) is 0. The molecule has 0 bridgehead atoms. The van der Waals surface area contributed by atoms with Gasteiger partial charge in [-0.3, -0.25) is 4.74 Å². The minimum Gasteiger partial charge on any atom is -0.256 e. The highest BCUT2D eigenvalue weighted by Crippen LogP contribution is 2.47. The molecule has 1 atom stereocenters. The highest BCUT2D eigenvalue weighted by Gasteiger charge is 2.68. The van der Waals surface area contributed by atoms with Crippen LogP contribution in [0.3, 0.4) is 0 Å². The van der Waals surface area contributed by atoms with E-state index in [4.69, 9.17) is 0 Å². The smallest absolute Gasteiger partial charge is 0.256 e. The Kier molecular flexibility index (Phi) is 3.77. The van der Waals surface area contributed by atoms with E-state index in [0.717, 1.165) is 0 Å². The molecule has 15 heavy (non-hydrogen) atoms. The third-order valence-electron chi connectivity index (χ3n) is 0.916. The first kappa shape index (κ1) is 15.0. The molecule has 0 aliphatic carbocycles. The molecular weight excluding hydrogens is 287 g/mol. The number of hydrogen-bond acceptors (Lipinski definition) is 1.